The summed E-state index contributed by atoms with van der Waals surface area (Å²) in [6.07, 6.45) is 3.38. The van der Waals surface area contributed by atoms with E-state index >= 15 is 0 Å². The van der Waals surface area contributed by atoms with Crippen LogP contribution in [-0.2, 0) is 5.41 Å². The fourth-order valence-corrected chi connectivity index (χ4v) is 15.3. The molecule has 0 unspecified atom stereocenters. The molecule has 0 spiro atoms. The van der Waals surface area contributed by atoms with Gasteiger partial charge in [0, 0.05) is 66.6 Å². The monoisotopic (exact) mass is 1230 g/mol. The van der Waals surface area contributed by atoms with Gasteiger partial charge in [-0.05, 0) is 123 Å². The van der Waals surface area contributed by atoms with Crippen molar-refractivity contribution < 1.29 is 4.42 Å². The van der Waals surface area contributed by atoms with Gasteiger partial charge >= 0.3 is 0 Å². The van der Waals surface area contributed by atoms with E-state index in [4.69, 9.17) is 24.4 Å². The first-order chi connectivity index (χ1) is 47.2. The number of para-hydroxylation sites is 6. The summed E-state index contributed by atoms with van der Waals surface area (Å²) in [6.45, 7) is 4.62. The van der Waals surface area contributed by atoms with E-state index in [-0.39, 0.29) is 16.5 Å². The van der Waals surface area contributed by atoms with Crippen LogP contribution < -0.4 is 11.1 Å². The van der Waals surface area contributed by atoms with Crippen LogP contribution in [0, 0.1) is 0 Å². The number of furan rings is 1. The molecule has 0 saturated carbocycles. The van der Waals surface area contributed by atoms with E-state index in [1.807, 2.05) is 146 Å². The molecular formula is C85H54N8O3. The lowest BCUT2D eigenvalue weighted by Gasteiger charge is -2.21. The Labute approximate surface area is 547 Å². The molecule has 0 saturated heterocycles. The first-order valence-electron chi connectivity index (χ1n) is 32.2. The Morgan fingerprint density at radius 1 is 0.323 bits per heavy atom. The summed E-state index contributed by atoms with van der Waals surface area (Å²) >= 11 is 0. The Morgan fingerprint density at radius 3 is 1.35 bits per heavy atom. The number of pyridine rings is 2. The number of benzene rings is 12. The SMILES string of the molecule is CC1(C)c2ccccc2-c2c1ccc1c2c2ccccc2n1-c1ncc2c(=O)n(-c3ccccc3)c3ccccc3c2n1.O=c1c2cnc(-n3c4ccccc4c4c5c(ccc43)oc3ccccc35)nc2c2ccccc2n1-c1cc(-c2ccccc2)cc(-c2ccccc2)c1. The Morgan fingerprint density at radius 2 is 0.771 bits per heavy atom. The molecule has 7 aromatic heterocycles. The Bertz CT molecular complexity index is 6540. The van der Waals surface area contributed by atoms with E-state index in [1.165, 1.54) is 27.6 Å². The second kappa shape index (κ2) is 21.1. The van der Waals surface area contributed by atoms with Crippen molar-refractivity contribution >= 4 is 109 Å². The van der Waals surface area contributed by atoms with E-state index in [0.717, 1.165) is 116 Å². The zero-order valence-electron chi connectivity index (χ0n) is 52.0. The summed E-state index contributed by atoms with van der Waals surface area (Å²) in [5.74, 6) is 1.04. The van der Waals surface area contributed by atoms with Gasteiger partial charge in [-0.25, -0.2) is 19.9 Å². The van der Waals surface area contributed by atoms with Gasteiger partial charge in [0.2, 0.25) is 11.9 Å². The molecule has 0 radical (unpaired) electrons. The molecule has 96 heavy (non-hydrogen) atoms. The Hall–Kier alpha value is -12.9. The lowest BCUT2D eigenvalue weighted by atomic mass is 9.82. The van der Waals surface area contributed by atoms with Crippen molar-refractivity contribution in [1.82, 2.24) is 38.2 Å². The molecule has 0 N–H and O–H groups in total. The molecule has 20 rings (SSSR count). The maximum Gasteiger partial charge on any atom is 0.266 e. The third-order valence-corrected chi connectivity index (χ3v) is 19.6. The van der Waals surface area contributed by atoms with Crippen LogP contribution in [0.3, 0.4) is 0 Å². The van der Waals surface area contributed by atoms with Crippen LogP contribution in [0.25, 0.3) is 166 Å². The topological polar surface area (TPSA) is 119 Å². The summed E-state index contributed by atoms with van der Waals surface area (Å²) in [5, 5.41) is 9.36. The average Bonchev–Trinajstić information content (AvgIpc) is 1.51. The first kappa shape index (κ1) is 54.8. The number of hydrogen-bond acceptors (Lipinski definition) is 7. The molecule has 19 aromatic rings. The van der Waals surface area contributed by atoms with Gasteiger partial charge in [0.15, 0.2) is 0 Å². The standard InChI is InChI=1S/C47H28N4O2.C38H26N4O/c52-46-37-28-48-47(51-38-20-10-7-17-34(38)43-40(51)23-24-42-44(43)36-19-9-12-22-41(36)53-42)49-45(37)35-18-8-11-21-39(35)50(46)33-26-31(29-13-3-1-4-14-29)25-32(27-33)30-15-5-2-6-16-30;1-38(2)28-17-9-6-14-24(28)33-29(38)20-21-32-34(33)25-15-7-10-18-30(25)42(32)37-39-22-27-35(40-37)26-16-8-11-19-31(26)41(36(27)43)23-12-4-3-5-13-23/h1-28H;3-22H,1-2H3. The molecule has 12 aromatic carbocycles. The lowest BCUT2D eigenvalue weighted by Crippen LogP contribution is -2.20. The third-order valence-electron chi connectivity index (χ3n) is 19.6. The van der Waals surface area contributed by atoms with E-state index in [9.17, 15) is 9.59 Å². The summed E-state index contributed by atoms with van der Waals surface area (Å²) in [5.41, 5.74) is 19.2. The minimum absolute atomic E-state index is 0.0969. The molecule has 452 valence electrons. The maximum atomic E-state index is 14.8. The highest BCUT2D eigenvalue weighted by atomic mass is 16.3. The minimum Gasteiger partial charge on any atom is -0.456 e. The molecule has 0 aliphatic heterocycles. The van der Waals surface area contributed by atoms with Crippen molar-refractivity contribution in [3.8, 4) is 56.7 Å². The van der Waals surface area contributed by atoms with E-state index in [0.29, 0.717) is 33.7 Å². The lowest BCUT2D eigenvalue weighted by molar-refractivity contribution is 0.661. The van der Waals surface area contributed by atoms with E-state index in [2.05, 4.69) is 156 Å². The number of hydrogen-bond donors (Lipinski definition) is 0. The molecule has 11 heteroatoms. The second-order valence-electron chi connectivity index (χ2n) is 25.2. The first-order valence-corrected chi connectivity index (χ1v) is 32.2. The van der Waals surface area contributed by atoms with Crippen molar-refractivity contribution in [3.63, 3.8) is 0 Å². The van der Waals surface area contributed by atoms with Gasteiger partial charge in [-0.2, -0.15) is 0 Å². The van der Waals surface area contributed by atoms with Crippen molar-refractivity contribution in [3.05, 3.63) is 323 Å². The fourth-order valence-electron chi connectivity index (χ4n) is 15.3. The minimum atomic E-state index is -0.178. The molecule has 1 aliphatic carbocycles. The normalized spacial score (nSPS) is 12.6. The van der Waals surface area contributed by atoms with Crippen LogP contribution in [0.2, 0.25) is 0 Å². The van der Waals surface area contributed by atoms with Crippen molar-refractivity contribution in [2.24, 2.45) is 0 Å². The van der Waals surface area contributed by atoms with Crippen molar-refractivity contribution in [1.29, 1.82) is 0 Å². The van der Waals surface area contributed by atoms with E-state index in [1.54, 1.807) is 21.5 Å². The molecule has 0 amide bonds. The van der Waals surface area contributed by atoms with Crippen LogP contribution in [0.15, 0.2) is 305 Å². The van der Waals surface area contributed by atoms with Gasteiger partial charge in [0.25, 0.3) is 11.1 Å². The second-order valence-corrected chi connectivity index (χ2v) is 25.2. The average molecular weight is 1240 g/mol. The van der Waals surface area contributed by atoms with Crippen molar-refractivity contribution in [2.45, 2.75) is 19.3 Å². The third kappa shape index (κ3) is 8.13. The predicted octanol–water partition coefficient (Wildman–Crippen LogP) is 19.6. The highest BCUT2D eigenvalue weighted by molar-refractivity contribution is 6.27. The number of fused-ring (bicyclic) bond motifs is 20. The van der Waals surface area contributed by atoms with Crippen LogP contribution >= 0.6 is 0 Å². The maximum absolute atomic E-state index is 14.8. The summed E-state index contributed by atoms with van der Waals surface area (Å²) < 4.78 is 14.1. The van der Waals surface area contributed by atoms with E-state index < -0.39 is 0 Å². The molecule has 7 heterocycles. The van der Waals surface area contributed by atoms with Gasteiger partial charge in [0.05, 0.1) is 60.6 Å². The van der Waals surface area contributed by atoms with Crippen LogP contribution in [0.4, 0.5) is 0 Å². The molecular weight excluding hydrogens is 1180 g/mol. The largest absolute Gasteiger partial charge is 0.456 e. The molecule has 11 nitrogen and oxygen atoms in total. The van der Waals surface area contributed by atoms with Gasteiger partial charge in [-0.1, -0.05) is 214 Å². The quantitative estimate of drug-likeness (QED) is 0.152. The molecule has 0 fully saturated rings. The highest BCUT2D eigenvalue weighted by Gasteiger charge is 2.37. The molecule has 0 bridgehead atoms. The van der Waals surface area contributed by atoms with Crippen molar-refractivity contribution in [2.75, 3.05) is 0 Å². The highest BCUT2D eigenvalue weighted by Crippen LogP contribution is 2.53. The molecule has 0 atom stereocenters. The van der Waals surface area contributed by atoms with Crippen LogP contribution in [0.1, 0.15) is 25.0 Å². The Kier molecular flexibility index (Phi) is 12.0. The fraction of sp³-hybridized carbons (Fsp3) is 0.0353. The smallest absolute Gasteiger partial charge is 0.266 e. The zero-order chi connectivity index (χ0) is 63.9. The van der Waals surface area contributed by atoms with Gasteiger partial charge in [-0.3, -0.25) is 27.9 Å². The zero-order valence-corrected chi connectivity index (χ0v) is 52.0. The Balaban J connectivity index is 0.000000138. The van der Waals surface area contributed by atoms with Crippen LogP contribution in [-0.4, -0.2) is 38.2 Å². The van der Waals surface area contributed by atoms with Gasteiger partial charge in [-0.15, -0.1) is 0 Å². The van der Waals surface area contributed by atoms with Gasteiger partial charge < -0.3 is 4.42 Å². The summed E-state index contributed by atoms with van der Waals surface area (Å²) in [7, 11) is 0. The molecule has 1 aliphatic rings. The number of aromatic nitrogens is 8. The summed E-state index contributed by atoms with van der Waals surface area (Å²) in [6, 6.07) is 94.9. The van der Waals surface area contributed by atoms with Crippen LogP contribution in [0.5, 0.6) is 0 Å². The number of nitrogens with zero attached hydrogens (tertiary/aromatic N) is 8. The summed E-state index contributed by atoms with van der Waals surface area (Å²) in [4.78, 5) is 48.9. The number of rotatable bonds is 6. The van der Waals surface area contributed by atoms with Gasteiger partial charge in [0.1, 0.15) is 11.2 Å². The predicted molar refractivity (Wildman–Crippen MR) is 390 cm³/mol.